The molecule has 0 bridgehead atoms. The van der Waals surface area contributed by atoms with Gasteiger partial charge >= 0.3 is 0 Å². The Labute approximate surface area is 119 Å². The number of ether oxygens (including phenoxy) is 2. The number of hydrazone groups is 1. The summed E-state index contributed by atoms with van der Waals surface area (Å²) >= 11 is 0. The summed E-state index contributed by atoms with van der Waals surface area (Å²) in [5.41, 5.74) is 5.98. The lowest BCUT2D eigenvalue weighted by molar-refractivity contribution is 0.354. The summed E-state index contributed by atoms with van der Waals surface area (Å²) in [7, 11) is 3.23. The lowest BCUT2D eigenvalue weighted by Crippen LogP contribution is -1.96. The van der Waals surface area contributed by atoms with Gasteiger partial charge in [0, 0.05) is 5.56 Å². The Hall–Kier alpha value is -2.49. The van der Waals surface area contributed by atoms with Crippen molar-refractivity contribution in [2.45, 2.75) is 6.92 Å². The molecule has 0 saturated carbocycles. The van der Waals surface area contributed by atoms with Crippen LogP contribution >= 0.6 is 0 Å². The van der Waals surface area contributed by atoms with Crippen LogP contribution in [0.3, 0.4) is 0 Å². The first-order valence-corrected chi connectivity index (χ1v) is 6.31. The van der Waals surface area contributed by atoms with Gasteiger partial charge in [-0.3, -0.25) is 5.43 Å². The first-order chi connectivity index (χ1) is 9.74. The summed E-state index contributed by atoms with van der Waals surface area (Å²) in [5.74, 6) is 1.36. The molecule has 0 fully saturated rings. The van der Waals surface area contributed by atoms with Gasteiger partial charge in [-0.05, 0) is 36.8 Å². The van der Waals surface area contributed by atoms with Gasteiger partial charge in [0.25, 0.3) is 0 Å². The number of hydrogen-bond donors (Lipinski definition) is 1. The van der Waals surface area contributed by atoms with Gasteiger partial charge in [0.1, 0.15) is 0 Å². The van der Waals surface area contributed by atoms with Crippen molar-refractivity contribution in [2.24, 2.45) is 5.10 Å². The van der Waals surface area contributed by atoms with E-state index in [4.69, 9.17) is 9.47 Å². The average molecular weight is 270 g/mol. The van der Waals surface area contributed by atoms with E-state index in [-0.39, 0.29) is 0 Å². The normalized spacial score (nSPS) is 10.6. The zero-order valence-electron chi connectivity index (χ0n) is 11.9. The van der Waals surface area contributed by atoms with Crippen molar-refractivity contribution in [3.8, 4) is 11.5 Å². The first-order valence-electron chi connectivity index (χ1n) is 6.31. The van der Waals surface area contributed by atoms with Gasteiger partial charge in [-0.2, -0.15) is 5.10 Å². The van der Waals surface area contributed by atoms with E-state index in [1.807, 2.05) is 49.4 Å². The Morgan fingerprint density at radius 3 is 2.55 bits per heavy atom. The van der Waals surface area contributed by atoms with E-state index < -0.39 is 0 Å². The molecular formula is C16H18N2O2. The highest BCUT2D eigenvalue weighted by molar-refractivity contribution is 5.85. The Bertz CT molecular complexity index is 609. The molecule has 0 spiro atoms. The van der Waals surface area contributed by atoms with Crippen LogP contribution in [0.25, 0.3) is 0 Å². The highest BCUT2D eigenvalue weighted by atomic mass is 16.5. The molecule has 0 aromatic heterocycles. The minimum Gasteiger partial charge on any atom is -0.493 e. The molecule has 1 N–H and O–H groups in total. The van der Waals surface area contributed by atoms with E-state index in [2.05, 4.69) is 10.5 Å². The zero-order valence-corrected chi connectivity index (χ0v) is 11.9. The summed E-state index contributed by atoms with van der Waals surface area (Å²) in [4.78, 5) is 0. The molecule has 0 atom stereocenters. The topological polar surface area (TPSA) is 42.8 Å². The average Bonchev–Trinajstić information content (AvgIpc) is 2.47. The van der Waals surface area contributed by atoms with E-state index in [1.165, 1.54) is 5.56 Å². The number of methoxy groups -OCH3 is 2. The second kappa shape index (κ2) is 6.61. The smallest absolute Gasteiger partial charge is 0.169 e. The van der Waals surface area contributed by atoms with Gasteiger partial charge in [-0.15, -0.1) is 0 Å². The van der Waals surface area contributed by atoms with Gasteiger partial charge in [-0.1, -0.05) is 18.2 Å². The molecule has 0 amide bonds. The van der Waals surface area contributed by atoms with Crippen molar-refractivity contribution in [3.05, 3.63) is 53.6 Å². The molecule has 104 valence electrons. The van der Waals surface area contributed by atoms with E-state index in [9.17, 15) is 0 Å². The summed E-state index contributed by atoms with van der Waals surface area (Å²) in [6.45, 7) is 2.04. The maximum Gasteiger partial charge on any atom is 0.169 e. The van der Waals surface area contributed by atoms with Crippen LogP contribution in [0.5, 0.6) is 11.5 Å². The molecule has 4 heteroatoms. The number of hydrogen-bond acceptors (Lipinski definition) is 4. The maximum atomic E-state index is 5.35. The van der Waals surface area contributed by atoms with E-state index in [0.29, 0.717) is 11.5 Å². The second-order valence-electron chi connectivity index (χ2n) is 4.32. The number of rotatable bonds is 5. The molecule has 2 aromatic rings. The third-order valence-electron chi connectivity index (χ3n) is 2.85. The van der Waals surface area contributed by atoms with E-state index in [1.54, 1.807) is 20.4 Å². The highest BCUT2D eigenvalue weighted by Gasteiger charge is 2.06. The van der Waals surface area contributed by atoms with Crippen LogP contribution in [0.2, 0.25) is 0 Å². The van der Waals surface area contributed by atoms with Crippen molar-refractivity contribution in [1.82, 2.24) is 0 Å². The van der Waals surface area contributed by atoms with Crippen LogP contribution in [0, 0.1) is 6.92 Å². The molecule has 0 radical (unpaired) electrons. The van der Waals surface area contributed by atoms with Crippen molar-refractivity contribution >= 4 is 11.9 Å². The summed E-state index contributed by atoms with van der Waals surface area (Å²) < 4.78 is 10.6. The summed E-state index contributed by atoms with van der Waals surface area (Å²) in [5, 5.41) is 4.23. The quantitative estimate of drug-likeness (QED) is 0.668. The molecular weight excluding hydrogens is 252 g/mol. The molecule has 0 heterocycles. The van der Waals surface area contributed by atoms with Crippen LogP contribution < -0.4 is 14.9 Å². The number of para-hydroxylation sites is 1. The fourth-order valence-electron chi connectivity index (χ4n) is 1.90. The summed E-state index contributed by atoms with van der Waals surface area (Å²) in [6.07, 6.45) is 1.71. The molecule has 0 aliphatic rings. The predicted octanol–water partition coefficient (Wildman–Crippen LogP) is 3.46. The Morgan fingerprint density at radius 1 is 1.05 bits per heavy atom. The fourth-order valence-corrected chi connectivity index (χ4v) is 1.90. The van der Waals surface area contributed by atoms with Crippen LogP contribution in [0.1, 0.15) is 11.1 Å². The third kappa shape index (κ3) is 3.29. The highest BCUT2D eigenvalue weighted by Crippen LogP contribution is 2.29. The van der Waals surface area contributed by atoms with Crippen LogP contribution in [-0.2, 0) is 0 Å². The number of nitrogens with zero attached hydrogens (tertiary/aromatic N) is 1. The van der Waals surface area contributed by atoms with Gasteiger partial charge in [0.05, 0.1) is 26.1 Å². The van der Waals surface area contributed by atoms with E-state index >= 15 is 0 Å². The van der Waals surface area contributed by atoms with Crippen LogP contribution in [-0.4, -0.2) is 20.4 Å². The molecule has 0 saturated heterocycles. The number of nitrogens with one attached hydrogen (secondary N) is 1. The van der Waals surface area contributed by atoms with Gasteiger partial charge in [0.2, 0.25) is 0 Å². The van der Waals surface area contributed by atoms with Gasteiger partial charge in [-0.25, -0.2) is 0 Å². The molecule has 0 aliphatic heterocycles. The Balaban J connectivity index is 2.15. The molecule has 0 unspecified atom stereocenters. The molecule has 4 nitrogen and oxygen atoms in total. The minimum absolute atomic E-state index is 0.671. The maximum absolute atomic E-state index is 5.35. The van der Waals surface area contributed by atoms with Gasteiger partial charge < -0.3 is 9.47 Å². The lowest BCUT2D eigenvalue weighted by atomic mass is 10.2. The van der Waals surface area contributed by atoms with Gasteiger partial charge in [0.15, 0.2) is 11.5 Å². The van der Waals surface area contributed by atoms with E-state index in [0.717, 1.165) is 11.3 Å². The SMILES string of the molecule is COc1cccc(/C=N\Nc2cccc(C)c2)c1OC. The molecule has 20 heavy (non-hydrogen) atoms. The van der Waals surface area contributed by atoms with Crippen molar-refractivity contribution in [2.75, 3.05) is 19.6 Å². The third-order valence-corrected chi connectivity index (χ3v) is 2.85. The lowest BCUT2D eigenvalue weighted by Gasteiger charge is -2.09. The van der Waals surface area contributed by atoms with Crippen LogP contribution in [0.15, 0.2) is 47.6 Å². The standard InChI is InChI=1S/C16H18N2O2/c1-12-6-4-8-14(10-12)18-17-11-13-7-5-9-15(19-2)16(13)20-3/h4-11,18H,1-3H3/b17-11-. The summed E-state index contributed by atoms with van der Waals surface area (Å²) in [6, 6.07) is 13.7. The Kier molecular flexibility index (Phi) is 4.60. The van der Waals surface area contributed by atoms with Crippen molar-refractivity contribution < 1.29 is 9.47 Å². The zero-order chi connectivity index (χ0) is 14.4. The molecule has 0 aliphatic carbocycles. The first kappa shape index (κ1) is 13.9. The minimum atomic E-state index is 0.671. The van der Waals surface area contributed by atoms with Crippen LogP contribution in [0.4, 0.5) is 5.69 Å². The number of benzene rings is 2. The fraction of sp³-hybridized carbons (Fsp3) is 0.188. The van der Waals surface area contributed by atoms with Crippen molar-refractivity contribution in [1.29, 1.82) is 0 Å². The monoisotopic (exact) mass is 270 g/mol. The molecule has 2 aromatic carbocycles. The largest absolute Gasteiger partial charge is 0.493 e. The van der Waals surface area contributed by atoms with Crippen molar-refractivity contribution in [3.63, 3.8) is 0 Å². The predicted molar refractivity (Wildman–Crippen MR) is 81.9 cm³/mol. The Morgan fingerprint density at radius 2 is 1.85 bits per heavy atom. The second-order valence-corrected chi connectivity index (χ2v) is 4.32. The number of aryl methyl sites for hydroxylation is 1. The number of anilines is 1. The molecule has 2 rings (SSSR count).